The molecule has 0 spiro atoms. The van der Waals surface area contributed by atoms with E-state index in [-0.39, 0.29) is 5.91 Å². The number of rotatable bonds is 5. The van der Waals surface area contributed by atoms with Gasteiger partial charge in [-0.25, -0.2) is 0 Å². The predicted octanol–water partition coefficient (Wildman–Crippen LogP) is 4.22. The molecule has 144 valence electrons. The largest absolute Gasteiger partial charge is 0.496 e. The van der Waals surface area contributed by atoms with E-state index < -0.39 is 0 Å². The van der Waals surface area contributed by atoms with Crippen molar-refractivity contribution in [3.05, 3.63) is 35.9 Å². The number of fused-ring (bicyclic) bond motifs is 1. The van der Waals surface area contributed by atoms with Crippen LogP contribution >= 0.6 is 11.8 Å². The molecule has 2 aromatic rings. The van der Waals surface area contributed by atoms with E-state index in [9.17, 15) is 4.79 Å². The first-order valence-corrected chi connectivity index (χ1v) is 9.93. The molecular weight excluding hydrogens is 362 g/mol. The van der Waals surface area contributed by atoms with Gasteiger partial charge < -0.3 is 19.1 Å². The second kappa shape index (κ2) is 8.57. The first-order chi connectivity index (χ1) is 13.1. The molecule has 2 aromatic carbocycles. The Balaban J connectivity index is 2.06. The minimum absolute atomic E-state index is 0.180. The van der Waals surface area contributed by atoms with Gasteiger partial charge in [0.05, 0.1) is 26.2 Å². The third-order valence-electron chi connectivity index (χ3n) is 4.69. The van der Waals surface area contributed by atoms with Crippen LogP contribution in [-0.2, 0) is 11.3 Å². The van der Waals surface area contributed by atoms with Crippen molar-refractivity contribution in [1.82, 2.24) is 4.90 Å². The predicted molar refractivity (Wildman–Crippen MR) is 108 cm³/mol. The topological polar surface area (TPSA) is 48.0 Å². The molecule has 0 saturated carbocycles. The standard InChI is InChI=1S/C21H25NO4S/c1-5-20(23)22-8-9-27-21-16(13-22)10-15(12-19(21)26-4)14-6-7-17(24-2)18(11-14)25-3/h6-7,10-12H,5,8-9,13H2,1-4H3. The van der Waals surface area contributed by atoms with E-state index in [0.717, 1.165) is 39.6 Å². The van der Waals surface area contributed by atoms with Gasteiger partial charge >= 0.3 is 0 Å². The van der Waals surface area contributed by atoms with Crippen molar-refractivity contribution in [2.75, 3.05) is 33.6 Å². The number of nitrogens with zero attached hydrogens (tertiary/aromatic N) is 1. The number of hydrogen-bond acceptors (Lipinski definition) is 5. The average molecular weight is 388 g/mol. The molecule has 0 aromatic heterocycles. The minimum Gasteiger partial charge on any atom is -0.496 e. The molecule has 1 amide bonds. The van der Waals surface area contributed by atoms with E-state index in [4.69, 9.17) is 14.2 Å². The van der Waals surface area contributed by atoms with E-state index in [1.165, 1.54) is 0 Å². The van der Waals surface area contributed by atoms with Crippen LogP contribution in [0.2, 0.25) is 0 Å². The number of thioether (sulfide) groups is 1. The molecule has 0 atom stereocenters. The molecule has 0 unspecified atom stereocenters. The van der Waals surface area contributed by atoms with Gasteiger partial charge in [0.1, 0.15) is 5.75 Å². The fourth-order valence-electron chi connectivity index (χ4n) is 3.25. The molecule has 3 rings (SSSR count). The van der Waals surface area contributed by atoms with Gasteiger partial charge in [-0.05, 0) is 41.0 Å². The summed E-state index contributed by atoms with van der Waals surface area (Å²) in [6, 6.07) is 10.0. The Morgan fingerprint density at radius 1 is 1.00 bits per heavy atom. The lowest BCUT2D eigenvalue weighted by molar-refractivity contribution is -0.131. The van der Waals surface area contributed by atoms with E-state index >= 15 is 0 Å². The van der Waals surface area contributed by atoms with Crippen molar-refractivity contribution >= 4 is 17.7 Å². The summed E-state index contributed by atoms with van der Waals surface area (Å²) in [6.07, 6.45) is 0.520. The third-order valence-corrected chi connectivity index (χ3v) is 5.83. The average Bonchev–Trinajstić information content (AvgIpc) is 2.94. The summed E-state index contributed by atoms with van der Waals surface area (Å²) in [5.41, 5.74) is 3.15. The maximum Gasteiger partial charge on any atom is 0.222 e. The fourth-order valence-corrected chi connectivity index (χ4v) is 4.36. The Kier molecular flexibility index (Phi) is 6.16. The lowest BCUT2D eigenvalue weighted by Gasteiger charge is -2.20. The fraction of sp³-hybridized carbons (Fsp3) is 0.381. The first kappa shape index (κ1) is 19.4. The highest BCUT2D eigenvalue weighted by molar-refractivity contribution is 7.99. The number of hydrogen-bond donors (Lipinski definition) is 0. The van der Waals surface area contributed by atoms with Crippen LogP contribution in [0, 0.1) is 0 Å². The molecule has 1 aliphatic heterocycles. The van der Waals surface area contributed by atoms with E-state index in [2.05, 4.69) is 6.07 Å². The van der Waals surface area contributed by atoms with Gasteiger partial charge in [0, 0.05) is 25.3 Å². The monoisotopic (exact) mass is 387 g/mol. The number of carbonyl (C=O) groups excluding carboxylic acids is 1. The highest BCUT2D eigenvalue weighted by Crippen LogP contribution is 2.41. The summed E-state index contributed by atoms with van der Waals surface area (Å²) < 4.78 is 16.4. The molecule has 0 saturated heterocycles. The summed E-state index contributed by atoms with van der Waals surface area (Å²) >= 11 is 1.75. The summed E-state index contributed by atoms with van der Waals surface area (Å²) in [5.74, 6) is 3.26. The second-order valence-corrected chi connectivity index (χ2v) is 7.36. The molecule has 0 N–H and O–H groups in total. The number of carbonyl (C=O) groups is 1. The van der Waals surface area contributed by atoms with Crippen LogP contribution in [0.15, 0.2) is 35.2 Å². The Bertz CT molecular complexity index is 837. The number of benzene rings is 2. The number of methoxy groups -OCH3 is 3. The van der Waals surface area contributed by atoms with Crippen LogP contribution in [0.4, 0.5) is 0 Å². The summed E-state index contributed by atoms with van der Waals surface area (Å²) in [4.78, 5) is 15.3. The van der Waals surface area contributed by atoms with Gasteiger partial charge in [-0.3, -0.25) is 4.79 Å². The summed E-state index contributed by atoms with van der Waals surface area (Å²) in [5, 5.41) is 0. The van der Waals surface area contributed by atoms with Crippen molar-refractivity contribution in [3.8, 4) is 28.4 Å². The Morgan fingerprint density at radius 2 is 1.70 bits per heavy atom. The van der Waals surface area contributed by atoms with Gasteiger partial charge in [-0.2, -0.15) is 0 Å². The van der Waals surface area contributed by atoms with Crippen LogP contribution in [0.5, 0.6) is 17.2 Å². The summed E-state index contributed by atoms with van der Waals surface area (Å²) in [7, 11) is 4.94. The van der Waals surface area contributed by atoms with E-state index in [1.54, 1.807) is 33.1 Å². The molecular formula is C21H25NO4S. The zero-order valence-corrected chi connectivity index (χ0v) is 17.0. The molecule has 0 fully saturated rings. The molecule has 5 nitrogen and oxygen atoms in total. The zero-order valence-electron chi connectivity index (χ0n) is 16.2. The van der Waals surface area contributed by atoms with Crippen molar-refractivity contribution in [2.24, 2.45) is 0 Å². The van der Waals surface area contributed by atoms with Gasteiger partial charge in [0.25, 0.3) is 0 Å². The zero-order chi connectivity index (χ0) is 19.4. The van der Waals surface area contributed by atoms with Crippen molar-refractivity contribution in [1.29, 1.82) is 0 Å². The quantitative estimate of drug-likeness (QED) is 0.769. The van der Waals surface area contributed by atoms with E-state index in [0.29, 0.717) is 24.5 Å². The van der Waals surface area contributed by atoms with Crippen LogP contribution in [0.3, 0.4) is 0 Å². The van der Waals surface area contributed by atoms with Crippen LogP contribution in [0.1, 0.15) is 18.9 Å². The molecule has 0 aliphatic carbocycles. The minimum atomic E-state index is 0.180. The Morgan fingerprint density at radius 3 is 2.37 bits per heavy atom. The maximum atomic E-state index is 12.2. The van der Waals surface area contributed by atoms with Crippen molar-refractivity contribution in [2.45, 2.75) is 24.8 Å². The van der Waals surface area contributed by atoms with Crippen LogP contribution in [0.25, 0.3) is 11.1 Å². The molecule has 0 bridgehead atoms. The molecule has 1 heterocycles. The normalized spacial score (nSPS) is 13.6. The maximum absolute atomic E-state index is 12.2. The summed E-state index contributed by atoms with van der Waals surface area (Å²) in [6.45, 7) is 3.26. The smallest absolute Gasteiger partial charge is 0.222 e. The Hall–Kier alpha value is -2.34. The van der Waals surface area contributed by atoms with Crippen molar-refractivity contribution < 1.29 is 19.0 Å². The van der Waals surface area contributed by atoms with E-state index in [1.807, 2.05) is 36.1 Å². The highest BCUT2D eigenvalue weighted by Gasteiger charge is 2.22. The Labute approximate surface area is 164 Å². The molecule has 27 heavy (non-hydrogen) atoms. The van der Waals surface area contributed by atoms with Crippen LogP contribution in [-0.4, -0.2) is 44.4 Å². The third kappa shape index (κ3) is 4.00. The van der Waals surface area contributed by atoms with Gasteiger partial charge in [-0.15, -0.1) is 11.8 Å². The lowest BCUT2D eigenvalue weighted by atomic mass is 10.0. The van der Waals surface area contributed by atoms with Crippen LogP contribution < -0.4 is 14.2 Å². The van der Waals surface area contributed by atoms with Gasteiger partial charge in [0.15, 0.2) is 11.5 Å². The first-order valence-electron chi connectivity index (χ1n) is 8.95. The van der Waals surface area contributed by atoms with Crippen molar-refractivity contribution in [3.63, 3.8) is 0 Å². The highest BCUT2D eigenvalue weighted by atomic mass is 32.2. The molecule has 1 aliphatic rings. The molecule has 6 heteroatoms. The van der Waals surface area contributed by atoms with Gasteiger partial charge in [-0.1, -0.05) is 13.0 Å². The number of ether oxygens (including phenoxy) is 3. The SMILES string of the molecule is CCC(=O)N1CCSc2c(cc(-c3ccc(OC)c(OC)c3)cc2OC)C1. The van der Waals surface area contributed by atoms with Gasteiger partial charge in [0.2, 0.25) is 5.91 Å². The second-order valence-electron chi connectivity index (χ2n) is 6.25. The number of amides is 1. The molecule has 0 radical (unpaired) electrons. The lowest BCUT2D eigenvalue weighted by Crippen LogP contribution is -2.30.